The van der Waals surface area contributed by atoms with Gasteiger partial charge in [0, 0.05) is 73.5 Å². The molecule has 0 bridgehead atoms. The first-order valence-electron chi connectivity index (χ1n) is 15.1. The van der Waals surface area contributed by atoms with E-state index in [9.17, 15) is 14.7 Å². The minimum atomic E-state index is -0.338. The lowest BCUT2D eigenvalue weighted by molar-refractivity contribution is -0.164. The second-order valence-corrected chi connectivity index (χ2v) is 13.6. The predicted molar refractivity (Wildman–Crippen MR) is 166 cm³/mol. The zero-order valence-corrected chi connectivity index (χ0v) is 26.2. The number of anilines is 1. The minimum absolute atomic E-state index is 0.114. The van der Waals surface area contributed by atoms with Crippen molar-refractivity contribution < 1.29 is 19.4 Å². The van der Waals surface area contributed by atoms with Crippen LogP contribution in [-0.4, -0.2) is 90.8 Å². The summed E-state index contributed by atoms with van der Waals surface area (Å²) in [4.78, 5) is 32.3. The number of halogens is 1. The van der Waals surface area contributed by atoms with Gasteiger partial charge in [-0.05, 0) is 49.2 Å². The summed E-state index contributed by atoms with van der Waals surface area (Å²) in [7, 11) is 0. The topological polar surface area (TPSA) is 109 Å². The van der Waals surface area contributed by atoms with Crippen LogP contribution in [0.1, 0.15) is 56.5 Å². The molecule has 10 heteroatoms. The third-order valence-electron chi connectivity index (χ3n) is 9.47. The molecule has 0 atom stereocenters. The van der Waals surface area contributed by atoms with E-state index in [-0.39, 0.29) is 40.9 Å². The normalized spacial score (nSPS) is 23.7. The van der Waals surface area contributed by atoms with Gasteiger partial charge in [-0.25, -0.2) is 0 Å². The molecule has 1 aliphatic carbocycles. The quantitative estimate of drug-likeness (QED) is 0.491. The molecule has 2 heterocycles. The van der Waals surface area contributed by atoms with Crippen molar-refractivity contribution in [3.8, 4) is 11.8 Å². The van der Waals surface area contributed by atoms with Crippen molar-refractivity contribution in [3.63, 3.8) is 0 Å². The number of carbonyl (C=O) groups excluding carboxylic acids is 2. The Bertz CT molecular complexity index is 1360. The van der Waals surface area contributed by atoms with Crippen molar-refractivity contribution >= 4 is 29.1 Å². The highest BCUT2D eigenvalue weighted by molar-refractivity contribution is 6.31. The number of ether oxygens (including phenoxy) is 1. The monoisotopic (exact) mass is 607 g/mol. The van der Waals surface area contributed by atoms with Gasteiger partial charge in [-0.2, -0.15) is 5.26 Å². The molecule has 5 rings (SSSR count). The maximum Gasteiger partial charge on any atom is 0.251 e. The molecule has 0 unspecified atom stereocenters. The first-order valence-corrected chi connectivity index (χ1v) is 15.5. The Morgan fingerprint density at radius 2 is 1.63 bits per heavy atom. The van der Waals surface area contributed by atoms with Crippen LogP contribution in [0.25, 0.3) is 0 Å². The van der Waals surface area contributed by atoms with Gasteiger partial charge in [0.15, 0.2) is 0 Å². The van der Waals surface area contributed by atoms with Crippen molar-refractivity contribution in [1.82, 2.24) is 15.1 Å². The van der Waals surface area contributed by atoms with Crippen LogP contribution in [0.2, 0.25) is 5.02 Å². The van der Waals surface area contributed by atoms with Gasteiger partial charge in [-0.1, -0.05) is 39.3 Å². The average Bonchev–Trinajstić information content (AvgIpc) is 2.99. The average molecular weight is 608 g/mol. The molecule has 2 aliphatic heterocycles. The van der Waals surface area contributed by atoms with Gasteiger partial charge in [-0.3, -0.25) is 14.5 Å². The molecule has 2 N–H and O–H groups in total. The molecule has 0 spiro atoms. The maximum absolute atomic E-state index is 13.3. The lowest BCUT2D eigenvalue weighted by atomic mass is 9.49. The summed E-state index contributed by atoms with van der Waals surface area (Å²) in [5, 5.41) is 22.5. The molecule has 1 saturated carbocycles. The van der Waals surface area contributed by atoms with Crippen LogP contribution in [-0.2, 0) is 4.79 Å². The minimum Gasteiger partial charge on any atom is -0.489 e. The molecule has 9 nitrogen and oxygen atoms in total. The third kappa shape index (κ3) is 6.47. The number of rotatable bonds is 7. The Morgan fingerprint density at radius 3 is 2.21 bits per heavy atom. The van der Waals surface area contributed by atoms with Gasteiger partial charge in [-0.15, -0.1) is 0 Å². The van der Waals surface area contributed by atoms with Crippen molar-refractivity contribution in [2.24, 2.45) is 10.8 Å². The summed E-state index contributed by atoms with van der Waals surface area (Å²) in [6.07, 6.45) is 0.872. The van der Waals surface area contributed by atoms with E-state index in [1.807, 2.05) is 29.2 Å². The van der Waals surface area contributed by atoms with Crippen LogP contribution in [0.15, 0.2) is 42.5 Å². The number of hydrogen-bond acceptors (Lipinski definition) is 7. The summed E-state index contributed by atoms with van der Waals surface area (Å²) in [5.74, 6) is 0.627. The fraction of sp³-hybridized carbons (Fsp3) is 0.545. The van der Waals surface area contributed by atoms with Crippen molar-refractivity contribution in [2.75, 3.05) is 50.7 Å². The number of piperidine rings is 1. The van der Waals surface area contributed by atoms with Gasteiger partial charge in [0.1, 0.15) is 17.9 Å². The molecule has 3 aliphatic rings. The Morgan fingerprint density at radius 1 is 1.00 bits per heavy atom. The standard InChI is InChI=1S/C33H42ClN5O4/c1-32(2)30(33(3,4)31(32)43-26-10-7-23(20-35)27(34)19-26)36-29(42)22-5-8-24(9-6-22)38-17-15-37(16-18-38)21-28(41)39-13-11-25(40)12-14-39/h5-10,19,25,30-31,40H,11-18,21H2,1-4H3,(H,36,42). The number of hydrogen-bond donors (Lipinski definition) is 2. The molecular weight excluding hydrogens is 566 g/mol. The van der Waals surface area contributed by atoms with Crippen LogP contribution in [0.4, 0.5) is 5.69 Å². The number of carbonyl (C=O) groups is 2. The molecule has 0 radical (unpaired) electrons. The number of likely N-dealkylation sites (tertiary alicyclic amines) is 1. The molecule has 0 aromatic heterocycles. The Labute approximate surface area is 259 Å². The van der Waals surface area contributed by atoms with Crippen molar-refractivity contribution in [2.45, 2.75) is 58.8 Å². The maximum atomic E-state index is 13.3. The lowest BCUT2D eigenvalue weighted by Crippen LogP contribution is -2.74. The fourth-order valence-corrected chi connectivity index (χ4v) is 7.42. The number of nitrogens with zero attached hydrogens (tertiary/aromatic N) is 4. The first-order chi connectivity index (χ1) is 20.4. The zero-order chi connectivity index (χ0) is 30.9. The van der Waals surface area contributed by atoms with Crippen molar-refractivity contribution in [3.05, 3.63) is 58.6 Å². The van der Waals surface area contributed by atoms with Crippen LogP contribution < -0.4 is 15.0 Å². The van der Waals surface area contributed by atoms with E-state index in [4.69, 9.17) is 21.6 Å². The molecule has 2 aromatic rings. The summed E-state index contributed by atoms with van der Waals surface area (Å²) < 4.78 is 6.34. The highest BCUT2D eigenvalue weighted by atomic mass is 35.5. The van der Waals surface area contributed by atoms with E-state index in [2.05, 4.69) is 48.9 Å². The van der Waals surface area contributed by atoms with Gasteiger partial charge in [0.2, 0.25) is 5.91 Å². The predicted octanol–water partition coefficient (Wildman–Crippen LogP) is 3.93. The fourth-order valence-electron chi connectivity index (χ4n) is 7.20. The second kappa shape index (κ2) is 12.4. The highest BCUT2D eigenvalue weighted by Gasteiger charge is 2.64. The van der Waals surface area contributed by atoms with Crippen LogP contribution >= 0.6 is 11.6 Å². The number of aliphatic hydroxyl groups is 1. The van der Waals surface area contributed by atoms with Gasteiger partial charge in [0.05, 0.1) is 23.2 Å². The number of nitrogens with one attached hydrogen (secondary N) is 1. The van der Waals surface area contributed by atoms with Gasteiger partial charge in [0.25, 0.3) is 5.91 Å². The highest BCUT2D eigenvalue weighted by Crippen LogP contribution is 2.55. The van der Waals surface area contributed by atoms with Crippen molar-refractivity contribution in [1.29, 1.82) is 5.26 Å². The molecule has 230 valence electrons. The van der Waals surface area contributed by atoms with Crippen LogP contribution in [0, 0.1) is 22.2 Å². The van der Waals surface area contributed by atoms with E-state index in [0.717, 1.165) is 31.9 Å². The molecule has 2 aromatic carbocycles. The van der Waals surface area contributed by atoms with Crippen LogP contribution in [0.5, 0.6) is 5.75 Å². The first kappa shape index (κ1) is 31.1. The largest absolute Gasteiger partial charge is 0.489 e. The van der Waals surface area contributed by atoms with E-state index in [0.29, 0.717) is 54.4 Å². The SMILES string of the molecule is CC1(C)C(NC(=O)c2ccc(N3CCN(CC(=O)N4CCC(O)CC4)CC3)cc2)C(C)(C)C1Oc1ccc(C#N)c(Cl)c1. The number of piperazine rings is 1. The summed E-state index contributed by atoms with van der Waals surface area (Å²) in [6.45, 7) is 13.3. The molecule has 2 saturated heterocycles. The smallest absolute Gasteiger partial charge is 0.251 e. The van der Waals surface area contributed by atoms with Gasteiger partial charge >= 0.3 is 0 Å². The third-order valence-corrected chi connectivity index (χ3v) is 9.79. The van der Waals surface area contributed by atoms with E-state index in [1.165, 1.54) is 0 Å². The molecule has 43 heavy (non-hydrogen) atoms. The number of benzene rings is 2. The summed E-state index contributed by atoms with van der Waals surface area (Å²) >= 11 is 6.21. The number of aliphatic hydroxyl groups excluding tert-OH is 1. The molecule has 2 amide bonds. The van der Waals surface area contributed by atoms with E-state index >= 15 is 0 Å². The molecular formula is C33H42ClN5O4. The van der Waals surface area contributed by atoms with E-state index in [1.54, 1.807) is 18.2 Å². The second-order valence-electron chi connectivity index (χ2n) is 13.2. The van der Waals surface area contributed by atoms with E-state index < -0.39 is 0 Å². The Kier molecular flexibility index (Phi) is 8.94. The summed E-state index contributed by atoms with van der Waals surface area (Å²) in [6, 6.07) is 14.8. The summed E-state index contributed by atoms with van der Waals surface area (Å²) in [5.41, 5.74) is 1.40. The number of nitriles is 1. The van der Waals surface area contributed by atoms with Gasteiger partial charge < -0.3 is 25.0 Å². The number of amides is 2. The Balaban J connectivity index is 1.13. The lowest BCUT2D eigenvalue weighted by Gasteiger charge is -2.63. The zero-order valence-electron chi connectivity index (χ0n) is 25.5. The molecule has 3 fully saturated rings. The Hall–Kier alpha value is -3.32. The van der Waals surface area contributed by atoms with Crippen LogP contribution in [0.3, 0.4) is 0 Å².